The zero-order chi connectivity index (χ0) is 22.9. The van der Waals surface area contributed by atoms with Crippen LogP contribution in [-0.4, -0.2) is 86.0 Å². The van der Waals surface area contributed by atoms with Crippen molar-refractivity contribution in [3.8, 4) is 5.75 Å². The largest absolute Gasteiger partial charge is 0.497 e. The number of carbonyl (C=O) groups is 3. The Morgan fingerprint density at radius 2 is 1.53 bits per heavy atom. The summed E-state index contributed by atoms with van der Waals surface area (Å²) in [6.45, 7) is 2.06. The van der Waals surface area contributed by atoms with Crippen LogP contribution in [0.15, 0.2) is 54.6 Å². The van der Waals surface area contributed by atoms with E-state index in [0.717, 1.165) is 5.69 Å². The van der Waals surface area contributed by atoms with E-state index in [-0.39, 0.29) is 30.9 Å². The molecule has 170 valence electrons. The van der Waals surface area contributed by atoms with Gasteiger partial charge in [-0.1, -0.05) is 24.3 Å². The Morgan fingerprint density at radius 3 is 2.22 bits per heavy atom. The van der Waals surface area contributed by atoms with Crippen LogP contribution in [0.5, 0.6) is 5.75 Å². The number of para-hydroxylation sites is 1. The monoisotopic (exact) mass is 439 g/mol. The van der Waals surface area contributed by atoms with Gasteiger partial charge in [0.05, 0.1) is 20.2 Å². The second-order valence-corrected chi connectivity index (χ2v) is 7.62. The van der Waals surface area contributed by atoms with Gasteiger partial charge in [-0.05, 0) is 31.3 Å². The average molecular weight is 440 g/mol. The lowest BCUT2D eigenvalue weighted by Gasteiger charge is -2.35. The molecule has 1 heterocycles. The van der Waals surface area contributed by atoms with E-state index in [2.05, 4.69) is 10.6 Å². The molecule has 1 aliphatic heterocycles. The molecule has 0 saturated carbocycles. The maximum Gasteiger partial charge on any atom is 0.321 e. The number of urea groups is 1. The third-order valence-electron chi connectivity index (χ3n) is 5.12. The maximum absolute atomic E-state index is 12.6. The topological polar surface area (TPSA) is 94.2 Å². The number of likely N-dealkylation sites (N-methyl/N-ethyl adjacent to an activating group) is 1. The highest BCUT2D eigenvalue weighted by atomic mass is 16.5. The van der Waals surface area contributed by atoms with Gasteiger partial charge in [-0.15, -0.1) is 0 Å². The number of ether oxygens (including phenoxy) is 1. The first-order valence-electron chi connectivity index (χ1n) is 10.5. The highest BCUT2D eigenvalue weighted by molar-refractivity contribution is 5.93. The molecule has 0 atom stereocenters. The van der Waals surface area contributed by atoms with Gasteiger partial charge < -0.3 is 25.2 Å². The molecule has 1 aliphatic rings. The van der Waals surface area contributed by atoms with Crippen molar-refractivity contribution < 1.29 is 19.1 Å². The minimum absolute atomic E-state index is 0.0650. The summed E-state index contributed by atoms with van der Waals surface area (Å²) in [7, 11) is 3.29. The normalized spacial score (nSPS) is 13.6. The second kappa shape index (κ2) is 11.1. The van der Waals surface area contributed by atoms with Crippen LogP contribution in [0.4, 0.5) is 16.2 Å². The van der Waals surface area contributed by atoms with Crippen molar-refractivity contribution >= 4 is 29.2 Å². The van der Waals surface area contributed by atoms with Crippen LogP contribution in [0.2, 0.25) is 0 Å². The number of anilines is 2. The molecule has 1 saturated heterocycles. The minimum Gasteiger partial charge on any atom is -0.497 e. The van der Waals surface area contributed by atoms with Gasteiger partial charge in [0, 0.05) is 43.6 Å². The average Bonchev–Trinajstić information content (AvgIpc) is 2.79. The predicted molar refractivity (Wildman–Crippen MR) is 123 cm³/mol. The van der Waals surface area contributed by atoms with Crippen molar-refractivity contribution in [3.05, 3.63) is 54.6 Å². The van der Waals surface area contributed by atoms with E-state index in [1.165, 1.54) is 0 Å². The van der Waals surface area contributed by atoms with Crippen LogP contribution in [0.3, 0.4) is 0 Å². The van der Waals surface area contributed by atoms with E-state index in [4.69, 9.17) is 4.74 Å². The first kappa shape index (κ1) is 23.1. The van der Waals surface area contributed by atoms with Gasteiger partial charge in [0.1, 0.15) is 5.75 Å². The van der Waals surface area contributed by atoms with E-state index in [9.17, 15) is 14.4 Å². The molecule has 1 fully saturated rings. The number of hydrogen-bond acceptors (Lipinski definition) is 5. The fourth-order valence-corrected chi connectivity index (χ4v) is 3.42. The maximum atomic E-state index is 12.6. The van der Waals surface area contributed by atoms with Gasteiger partial charge in [-0.25, -0.2) is 4.79 Å². The van der Waals surface area contributed by atoms with Gasteiger partial charge >= 0.3 is 6.03 Å². The lowest BCUT2D eigenvalue weighted by Crippen LogP contribution is -2.53. The van der Waals surface area contributed by atoms with Gasteiger partial charge in [0.25, 0.3) is 0 Å². The summed E-state index contributed by atoms with van der Waals surface area (Å²) in [5, 5.41) is 5.66. The summed E-state index contributed by atoms with van der Waals surface area (Å²) in [6.07, 6.45) is 0. The van der Waals surface area contributed by atoms with E-state index < -0.39 is 0 Å². The molecular formula is C23H29N5O4. The second-order valence-electron chi connectivity index (χ2n) is 7.62. The Labute approximate surface area is 187 Å². The van der Waals surface area contributed by atoms with Crippen molar-refractivity contribution in [2.24, 2.45) is 0 Å². The Morgan fingerprint density at radius 1 is 0.875 bits per heavy atom. The zero-order valence-electron chi connectivity index (χ0n) is 18.4. The standard InChI is InChI=1S/C23H29N5O4/c1-26(16-21(29)24-19-9-6-10-20(15-19)32-2)17-22(30)27-11-13-28(14-12-27)23(31)25-18-7-4-3-5-8-18/h3-10,15H,11-14,16-17H2,1-2H3,(H,24,29)(H,25,31). The molecule has 4 amide bonds. The van der Waals surface area contributed by atoms with Crippen LogP contribution >= 0.6 is 0 Å². The first-order valence-corrected chi connectivity index (χ1v) is 10.5. The predicted octanol–water partition coefficient (Wildman–Crippen LogP) is 1.94. The lowest BCUT2D eigenvalue weighted by atomic mass is 10.3. The quantitative estimate of drug-likeness (QED) is 0.688. The van der Waals surface area contributed by atoms with Crippen LogP contribution in [0.25, 0.3) is 0 Å². The Hall–Kier alpha value is -3.59. The molecular weight excluding hydrogens is 410 g/mol. The Bertz CT molecular complexity index is 929. The molecule has 0 bridgehead atoms. The summed E-state index contributed by atoms with van der Waals surface area (Å²) >= 11 is 0. The number of nitrogens with one attached hydrogen (secondary N) is 2. The molecule has 3 rings (SSSR count). The molecule has 0 spiro atoms. The van der Waals surface area contributed by atoms with Crippen molar-refractivity contribution in [2.75, 3.05) is 64.1 Å². The van der Waals surface area contributed by atoms with Crippen LogP contribution in [0.1, 0.15) is 0 Å². The van der Waals surface area contributed by atoms with Gasteiger partial charge in [0.15, 0.2) is 0 Å². The van der Waals surface area contributed by atoms with E-state index >= 15 is 0 Å². The molecule has 2 aromatic rings. The molecule has 9 nitrogen and oxygen atoms in total. The molecule has 0 aliphatic carbocycles. The highest BCUT2D eigenvalue weighted by Crippen LogP contribution is 2.16. The molecule has 32 heavy (non-hydrogen) atoms. The number of benzene rings is 2. The number of nitrogens with zero attached hydrogens (tertiary/aromatic N) is 3. The third-order valence-corrected chi connectivity index (χ3v) is 5.12. The van der Waals surface area contributed by atoms with Crippen LogP contribution < -0.4 is 15.4 Å². The Balaban J connectivity index is 1.40. The van der Waals surface area contributed by atoms with Crippen molar-refractivity contribution in [1.29, 1.82) is 0 Å². The summed E-state index contributed by atoms with van der Waals surface area (Å²) in [4.78, 5) is 42.4. The van der Waals surface area contributed by atoms with Crippen molar-refractivity contribution in [3.63, 3.8) is 0 Å². The Kier molecular flexibility index (Phi) is 8.04. The summed E-state index contributed by atoms with van der Waals surface area (Å²) < 4.78 is 5.15. The fraction of sp³-hybridized carbons (Fsp3) is 0.348. The number of methoxy groups -OCH3 is 1. The lowest BCUT2D eigenvalue weighted by molar-refractivity contribution is -0.133. The number of carbonyl (C=O) groups excluding carboxylic acids is 3. The summed E-state index contributed by atoms with van der Waals surface area (Å²) in [5.41, 5.74) is 1.38. The van der Waals surface area contributed by atoms with Gasteiger partial charge in [-0.2, -0.15) is 0 Å². The SMILES string of the molecule is COc1cccc(NC(=O)CN(C)CC(=O)N2CCN(C(=O)Nc3ccccc3)CC2)c1. The summed E-state index contributed by atoms with van der Waals surface area (Å²) in [6, 6.07) is 16.2. The molecule has 2 N–H and O–H groups in total. The molecule has 9 heteroatoms. The number of hydrogen-bond donors (Lipinski definition) is 2. The van der Waals surface area contributed by atoms with Crippen LogP contribution in [0, 0.1) is 0 Å². The van der Waals surface area contributed by atoms with E-state index in [1.807, 2.05) is 30.3 Å². The summed E-state index contributed by atoms with van der Waals surface area (Å²) in [5.74, 6) is 0.378. The van der Waals surface area contributed by atoms with Crippen molar-refractivity contribution in [2.45, 2.75) is 0 Å². The first-order chi connectivity index (χ1) is 15.4. The van der Waals surface area contributed by atoms with E-state index in [0.29, 0.717) is 37.6 Å². The van der Waals surface area contributed by atoms with E-state index in [1.54, 1.807) is 53.1 Å². The number of amides is 4. The van der Waals surface area contributed by atoms with Gasteiger partial charge in [0.2, 0.25) is 11.8 Å². The number of piperazine rings is 1. The molecule has 0 radical (unpaired) electrons. The third kappa shape index (κ3) is 6.71. The van der Waals surface area contributed by atoms with Gasteiger partial charge in [-0.3, -0.25) is 14.5 Å². The molecule has 0 aromatic heterocycles. The minimum atomic E-state index is -0.212. The van der Waals surface area contributed by atoms with Crippen LogP contribution in [-0.2, 0) is 9.59 Å². The number of rotatable bonds is 7. The fourth-order valence-electron chi connectivity index (χ4n) is 3.42. The highest BCUT2D eigenvalue weighted by Gasteiger charge is 2.25. The zero-order valence-corrected chi connectivity index (χ0v) is 18.4. The van der Waals surface area contributed by atoms with Crippen molar-refractivity contribution in [1.82, 2.24) is 14.7 Å². The smallest absolute Gasteiger partial charge is 0.321 e. The molecule has 2 aromatic carbocycles. The molecule has 0 unspecified atom stereocenters.